The standard InChI is InChI=1S/C20H27N3O4.HI/c1-15(2)27-18-8-6-16(7-9-18)23-20(22-13-11-19(24)25-3)21-12-10-17-5-4-14-26-17;/h4-9,14-15H,10-13H2,1-3H3,(H2,21,22,23);1H. The van der Waals surface area contributed by atoms with E-state index in [2.05, 4.69) is 20.4 Å². The molecule has 1 aromatic carbocycles. The minimum absolute atomic E-state index is 0. The maximum atomic E-state index is 11.3. The lowest BCUT2D eigenvalue weighted by Crippen LogP contribution is -2.32. The molecule has 0 unspecified atom stereocenters. The quantitative estimate of drug-likeness (QED) is 0.235. The number of anilines is 1. The van der Waals surface area contributed by atoms with E-state index in [1.54, 1.807) is 6.26 Å². The van der Waals surface area contributed by atoms with Crippen LogP contribution in [0.4, 0.5) is 5.69 Å². The largest absolute Gasteiger partial charge is 0.491 e. The van der Waals surface area contributed by atoms with Gasteiger partial charge in [-0.1, -0.05) is 0 Å². The summed E-state index contributed by atoms with van der Waals surface area (Å²) in [4.78, 5) is 15.7. The maximum absolute atomic E-state index is 11.3. The molecule has 0 fully saturated rings. The van der Waals surface area contributed by atoms with Gasteiger partial charge in [-0.05, 0) is 50.2 Å². The second kappa shape index (κ2) is 13.0. The highest BCUT2D eigenvalue weighted by Gasteiger charge is 2.04. The van der Waals surface area contributed by atoms with Gasteiger partial charge >= 0.3 is 5.97 Å². The second-order valence-electron chi connectivity index (χ2n) is 6.13. The summed E-state index contributed by atoms with van der Waals surface area (Å²) in [7, 11) is 1.37. The van der Waals surface area contributed by atoms with E-state index in [9.17, 15) is 4.79 Å². The van der Waals surface area contributed by atoms with Gasteiger partial charge in [0.2, 0.25) is 0 Å². The number of hydrogen-bond donors (Lipinski definition) is 2. The zero-order valence-electron chi connectivity index (χ0n) is 16.4. The Balaban J connectivity index is 0.00000392. The highest BCUT2D eigenvalue weighted by atomic mass is 127. The van der Waals surface area contributed by atoms with Gasteiger partial charge in [0.05, 0.1) is 32.4 Å². The molecule has 0 aliphatic heterocycles. The number of guanidine groups is 1. The predicted octanol–water partition coefficient (Wildman–Crippen LogP) is 3.85. The Hall–Kier alpha value is -2.23. The topological polar surface area (TPSA) is 85.1 Å². The van der Waals surface area contributed by atoms with Crippen molar-refractivity contribution in [2.45, 2.75) is 32.8 Å². The van der Waals surface area contributed by atoms with E-state index < -0.39 is 0 Å². The first-order chi connectivity index (χ1) is 13.1. The number of benzene rings is 1. The summed E-state index contributed by atoms with van der Waals surface area (Å²) < 4.78 is 15.6. The molecule has 2 rings (SSSR count). The van der Waals surface area contributed by atoms with Crippen molar-refractivity contribution in [3.05, 3.63) is 48.4 Å². The van der Waals surface area contributed by atoms with E-state index in [4.69, 9.17) is 9.15 Å². The molecule has 0 aliphatic rings. The normalized spacial score (nSPS) is 10.9. The lowest BCUT2D eigenvalue weighted by atomic mass is 10.3. The fourth-order valence-corrected chi connectivity index (χ4v) is 2.29. The minimum Gasteiger partial charge on any atom is -0.491 e. The van der Waals surface area contributed by atoms with E-state index in [0.717, 1.165) is 23.6 Å². The number of esters is 1. The van der Waals surface area contributed by atoms with Crippen LogP contribution in [0.3, 0.4) is 0 Å². The van der Waals surface area contributed by atoms with Gasteiger partial charge in [0.1, 0.15) is 11.5 Å². The molecule has 2 aromatic rings. The van der Waals surface area contributed by atoms with E-state index >= 15 is 0 Å². The van der Waals surface area contributed by atoms with Crippen molar-refractivity contribution >= 4 is 41.6 Å². The number of furan rings is 1. The first kappa shape index (κ1) is 23.8. The fourth-order valence-electron chi connectivity index (χ4n) is 2.29. The molecular formula is C20H28IN3O4. The zero-order valence-corrected chi connectivity index (χ0v) is 18.8. The number of rotatable bonds is 9. The van der Waals surface area contributed by atoms with Gasteiger partial charge in [-0.25, -0.2) is 0 Å². The first-order valence-corrected chi connectivity index (χ1v) is 8.98. The van der Waals surface area contributed by atoms with Crippen molar-refractivity contribution in [1.29, 1.82) is 0 Å². The number of aliphatic imine (C=N–C) groups is 1. The van der Waals surface area contributed by atoms with Gasteiger partial charge in [-0.3, -0.25) is 9.79 Å². The highest BCUT2D eigenvalue weighted by Crippen LogP contribution is 2.16. The van der Waals surface area contributed by atoms with E-state index in [1.165, 1.54) is 7.11 Å². The smallest absolute Gasteiger partial charge is 0.307 e. The Kier molecular flexibility index (Phi) is 11.1. The first-order valence-electron chi connectivity index (χ1n) is 8.98. The molecule has 28 heavy (non-hydrogen) atoms. The SMILES string of the molecule is COC(=O)CCN=C(NCCc1ccco1)Nc1ccc(OC(C)C)cc1.I. The van der Waals surface area contributed by atoms with Crippen LogP contribution in [0.2, 0.25) is 0 Å². The van der Waals surface area contributed by atoms with Gasteiger partial charge in [0, 0.05) is 18.7 Å². The van der Waals surface area contributed by atoms with Crippen LogP contribution in [-0.4, -0.2) is 38.2 Å². The molecular weight excluding hydrogens is 473 g/mol. The summed E-state index contributed by atoms with van der Waals surface area (Å²) in [5, 5.41) is 6.47. The van der Waals surface area contributed by atoms with Gasteiger partial charge < -0.3 is 24.5 Å². The van der Waals surface area contributed by atoms with Crippen LogP contribution < -0.4 is 15.4 Å². The van der Waals surface area contributed by atoms with Gasteiger partial charge in [-0.15, -0.1) is 24.0 Å². The minimum atomic E-state index is -0.288. The Morgan fingerprint density at radius 1 is 1.21 bits per heavy atom. The maximum Gasteiger partial charge on any atom is 0.307 e. The van der Waals surface area contributed by atoms with Crippen molar-refractivity contribution in [3.8, 4) is 5.75 Å². The van der Waals surface area contributed by atoms with Crippen LogP contribution in [0.25, 0.3) is 0 Å². The van der Waals surface area contributed by atoms with Crippen LogP contribution in [-0.2, 0) is 16.0 Å². The molecule has 8 heteroatoms. The summed E-state index contributed by atoms with van der Waals surface area (Å²) in [5.41, 5.74) is 0.869. The van der Waals surface area contributed by atoms with Crippen molar-refractivity contribution < 1.29 is 18.7 Å². The van der Waals surface area contributed by atoms with Gasteiger partial charge in [-0.2, -0.15) is 0 Å². The van der Waals surface area contributed by atoms with Crippen LogP contribution >= 0.6 is 24.0 Å². The molecule has 0 saturated heterocycles. The molecule has 1 heterocycles. The number of hydrogen-bond acceptors (Lipinski definition) is 5. The molecule has 0 radical (unpaired) electrons. The fraction of sp³-hybridized carbons (Fsp3) is 0.400. The number of methoxy groups -OCH3 is 1. The number of carbonyl (C=O) groups excluding carboxylic acids is 1. The highest BCUT2D eigenvalue weighted by molar-refractivity contribution is 14.0. The Morgan fingerprint density at radius 2 is 1.96 bits per heavy atom. The summed E-state index contributed by atoms with van der Waals surface area (Å²) in [5.74, 6) is 2.00. The van der Waals surface area contributed by atoms with Crippen molar-refractivity contribution in [2.75, 3.05) is 25.5 Å². The molecule has 0 atom stereocenters. The lowest BCUT2D eigenvalue weighted by molar-refractivity contribution is -0.140. The third-order valence-corrected chi connectivity index (χ3v) is 3.55. The third kappa shape index (κ3) is 9.12. The summed E-state index contributed by atoms with van der Waals surface area (Å²) in [6.45, 7) is 4.95. The molecule has 0 spiro atoms. The van der Waals surface area contributed by atoms with Crippen molar-refractivity contribution in [2.24, 2.45) is 4.99 Å². The third-order valence-electron chi connectivity index (χ3n) is 3.55. The van der Waals surface area contributed by atoms with E-state index in [-0.39, 0.29) is 42.5 Å². The summed E-state index contributed by atoms with van der Waals surface area (Å²) >= 11 is 0. The van der Waals surface area contributed by atoms with Crippen LogP contribution in [0.1, 0.15) is 26.0 Å². The molecule has 0 amide bonds. The molecule has 2 N–H and O–H groups in total. The number of nitrogens with zero attached hydrogens (tertiary/aromatic N) is 1. The van der Waals surface area contributed by atoms with Crippen LogP contribution in [0, 0.1) is 0 Å². The van der Waals surface area contributed by atoms with Crippen LogP contribution in [0.15, 0.2) is 52.1 Å². The molecule has 154 valence electrons. The molecule has 0 aliphatic carbocycles. The molecule has 1 aromatic heterocycles. The second-order valence-corrected chi connectivity index (χ2v) is 6.13. The predicted molar refractivity (Wildman–Crippen MR) is 121 cm³/mol. The average Bonchev–Trinajstić information content (AvgIpc) is 3.16. The van der Waals surface area contributed by atoms with E-state index in [1.807, 2.05) is 50.2 Å². The summed E-state index contributed by atoms with van der Waals surface area (Å²) in [6.07, 6.45) is 2.73. The Bertz CT molecular complexity index is 716. The number of ether oxygens (including phenoxy) is 2. The van der Waals surface area contributed by atoms with Gasteiger partial charge in [0.15, 0.2) is 5.96 Å². The molecule has 0 bridgehead atoms. The molecule has 0 saturated carbocycles. The van der Waals surface area contributed by atoms with Crippen LogP contribution in [0.5, 0.6) is 5.75 Å². The monoisotopic (exact) mass is 501 g/mol. The van der Waals surface area contributed by atoms with Crippen molar-refractivity contribution in [3.63, 3.8) is 0 Å². The van der Waals surface area contributed by atoms with Gasteiger partial charge in [0.25, 0.3) is 0 Å². The molecule has 7 nitrogen and oxygen atoms in total. The lowest BCUT2D eigenvalue weighted by Gasteiger charge is -2.14. The summed E-state index contributed by atoms with van der Waals surface area (Å²) in [6, 6.07) is 11.4. The Labute approximate surface area is 182 Å². The van der Waals surface area contributed by atoms with E-state index in [0.29, 0.717) is 19.0 Å². The zero-order chi connectivity index (χ0) is 19.5. The number of nitrogens with one attached hydrogen (secondary N) is 2. The Morgan fingerprint density at radius 3 is 2.57 bits per heavy atom. The number of halogens is 1. The van der Waals surface area contributed by atoms with Crippen molar-refractivity contribution in [1.82, 2.24) is 5.32 Å². The average molecular weight is 501 g/mol. The number of carbonyl (C=O) groups is 1.